The van der Waals surface area contributed by atoms with E-state index in [1.165, 1.54) is 11.1 Å². The number of carbonyl (C=O) groups is 3. The Morgan fingerprint density at radius 3 is 1.80 bits per heavy atom. The highest BCUT2D eigenvalue weighted by molar-refractivity contribution is 6.27. The smallest absolute Gasteiger partial charge is 0.414 e. The van der Waals surface area contributed by atoms with E-state index in [4.69, 9.17) is 19.8 Å². The fourth-order valence-electron chi connectivity index (χ4n) is 3.43. The van der Waals surface area contributed by atoms with Crippen LogP contribution in [0.5, 0.6) is 0 Å². The van der Waals surface area contributed by atoms with E-state index in [2.05, 4.69) is 47.4 Å². The lowest BCUT2D eigenvalue weighted by molar-refractivity contribution is -0.159. The summed E-state index contributed by atoms with van der Waals surface area (Å²) in [7, 11) is 1.92. The SMILES string of the molecule is CN(Cc1ccccc1)C(=O)C1CCN(Cc2ccccc2)CC1.O=C(O)C(=O)O. The van der Waals surface area contributed by atoms with E-state index in [1.807, 2.05) is 30.1 Å². The van der Waals surface area contributed by atoms with Crippen LogP contribution in [0.3, 0.4) is 0 Å². The molecule has 0 aliphatic carbocycles. The number of hydrogen-bond acceptors (Lipinski definition) is 4. The van der Waals surface area contributed by atoms with Crippen LogP contribution in [0.15, 0.2) is 60.7 Å². The molecule has 1 heterocycles. The van der Waals surface area contributed by atoms with E-state index >= 15 is 0 Å². The van der Waals surface area contributed by atoms with Gasteiger partial charge in [0, 0.05) is 26.1 Å². The molecule has 1 saturated heterocycles. The van der Waals surface area contributed by atoms with E-state index in [0.29, 0.717) is 12.5 Å². The molecule has 2 N–H and O–H groups in total. The fraction of sp³-hybridized carbons (Fsp3) is 0.348. The third kappa shape index (κ3) is 7.67. The molecule has 2 aromatic rings. The highest BCUT2D eigenvalue weighted by Gasteiger charge is 2.27. The monoisotopic (exact) mass is 412 g/mol. The molecular formula is C23H28N2O5. The summed E-state index contributed by atoms with van der Waals surface area (Å²) in [5.74, 6) is -3.19. The molecule has 160 valence electrons. The molecule has 0 aromatic heterocycles. The molecule has 0 unspecified atom stereocenters. The summed E-state index contributed by atoms with van der Waals surface area (Å²) in [6.45, 7) is 3.69. The molecule has 1 fully saturated rings. The number of likely N-dealkylation sites (tertiary alicyclic amines) is 1. The molecule has 0 spiro atoms. The van der Waals surface area contributed by atoms with Crippen LogP contribution >= 0.6 is 0 Å². The first-order chi connectivity index (χ1) is 14.4. The number of aliphatic carboxylic acids is 2. The minimum atomic E-state index is -1.82. The van der Waals surface area contributed by atoms with Crippen LogP contribution in [-0.4, -0.2) is 58.0 Å². The first-order valence-electron chi connectivity index (χ1n) is 9.88. The minimum absolute atomic E-state index is 0.172. The molecule has 0 bridgehead atoms. The normalized spacial score (nSPS) is 14.3. The minimum Gasteiger partial charge on any atom is -0.473 e. The Labute approximate surface area is 176 Å². The van der Waals surface area contributed by atoms with Gasteiger partial charge in [0.25, 0.3) is 0 Å². The molecule has 0 atom stereocenters. The van der Waals surface area contributed by atoms with E-state index in [9.17, 15) is 4.79 Å². The molecule has 30 heavy (non-hydrogen) atoms. The first kappa shape index (κ1) is 23.1. The number of carboxylic acid groups (broad SMARTS) is 2. The van der Waals surface area contributed by atoms with E-state index in [1.54, 1.807) is 0 Å². The Morgan fingerprint density at radius 2 is 1.33 bits per heavy atom. The van der Waals surface area contributed by atoms with Crippen molar-refractivity contribution >= 4 is 17.8 Å². The zero-order chi connectivity index (χ0) is 21.9. The van der Waals surface area contributed by atoms with Gasteiger partial charge in [-0.1, -0.05) is 60.7 Å². The number of nitrogens with zero attached hydrogens (tertiary/aromatic N) is 2. The van der Waals surface area contributed by atoms with Crippen molar-refractivity contribution in [2.75, 3.05) is 20.1 Å². The summed E-state index contributed by atoms with van der Waals surface area (Å²) in [4.78, 5) is 35.2. The van der Waals surface area contributed by atoms with Crippen LogP contribution in [0.4, 0.5) is 0 Å². The van der Waals surface area contributed by atoms with Crippen LogP contribution < -0.4 is 0 Å². The largest absolute Gasteiger partial charge is 0.473 e. The molecule has 7 nitrogen and oxygen atoms in total. The van der Waals surface area contributed by atoms with Gasteiger partial charge in [-0.05, 0) is 37.1 Å². The molecule has 0 radical (unpaired) electrons. The lowest BCUT2D eigenvalue weighted by Crippen LogP contribution is -2.40. The van der Waals surface area contributed by atoms with Crippen molar-refractivity contribution in [2.45, 2.75) is 25.9 Å². The lowest BCUT2D eigenvalue weighted by Gasteiger charge is -2.33. The van der Waals surface area contributed by atoms with Crippen molar-refractivity contribution in [1.82, 2.24) is 9.80 Å². The molecular weight excluding hydrogens is 384 g/mol. The van der Waals surface area contributed by atoms with Crippen LogP contribution in [0.2, 0.25) is 0 Å². The highest BCUT2D eigenvalue weighted by atomic mass is 16.4. The fourth-order valence-corrected chi connectivity index (χ4v) is 3.43. The van der Waals surface area contributed by atoms with Crippen molar-refractivity contribution in [3.63, 3.8) is 0 Å². The predicted octanol–water partition coefficient (Wildman–Crippen LogP) is 2.71. The maximum atomic E-state index is 12.7. The average molecular weight is 412 g/mol. The van der Waals surface area contributed by atoms with Crippen LogP contribution in [-0.2, 0) is 27.5 Å². The topological polar surface area (TPSA) is 98.2 Å². The molecule has 7 heteroatoms. The molecule has 1 aliphatic rings. The summed E-state index contributed by atoms with van der Waals surface area (Å²) in [6, 6.07) is 20.8. The standard InChI is InChI=1S/C21H26N2O.C2H2O4/c1-22(16-18-8-4-2-5-9-18)21(24)20-12-14-23(15-13-20)17-19-10-6-3-7-11-19;3-1(4)2(5)6/h2-11,20H,12-17H2,1H3;(H,3,4)(H,5,6). The quantitative estimate of drug-likeness (QED) is 0.733. The molecule has 3 rings (SSSR count). The number of hydrogen-bond donors (Lipinski definition) is 2. The Kier molecular flexibility index (Phi) is 9.03. The van der Waals surface area contributed by atoms with Gasteiger partial charge in [0.05, 0.1) is 0 Å². The van der Waals surface area contributed by atoms with Gasteiger partial charge in [-0.25, -0.2) is 9.59 Å². The van der Waals surface area contributed by atoms with Gasteiger partial charge in [-0.2, -0.15) is 0 Å². The second-order valence-electron chi connectivity index (χ2n) is 7.33. The second kappa shape index (κ2) is 11.7. The second-order valence-corrected chi connectivity index (χ2v) is 7.33. The summed E-state index contributed by atoms with van der Waals surface area (Å²) in [5, 5.41) is 14.8. The zero-order valence-corrected chi connectivity index (χ0v) is 17.1. The van der Waals surface area contributed by atoms with Gasteiger partial charge >= 0.3 is 11.9 Å². The van der Waals surface area contributed by atoms with Crippen molar-refractivity contribution in [3.05, 3.63) is 71.8 Å². The summed E-state index contributed by atoms with van der Waals surface area (Å²) in [5.41, 5.74) is 2.54. The maximum absolute atomic E-state index is 12.7. The molecule has 2 aromatic carbocycles. The summed E-state index contributed by atoms with van der Waals surface area (Å²) >= 11 is 0. The molecule has 0 saturated carbocycles. The number of piperidine rings is 1. The van der Waals surface area contributed by atoms with E-state index in [-0.39, 0.29) is 5.92 Å². The third-order valence-electron chi connectivity index (χ3n) is 5.01. The summed E-state index contributed by atoms with van der Waals surface area (Å²) in [6.07, 6.45) is 1.93. The van der Waals surface area contributed by atoms with Crippen LogP contribution in [0, 0.1) is 5.92 Å². The van der Waals surface area contributed by atoms with Gasteiger partial charge in [0.1, 0.15) is 0 Å². The number of amides is 1. The van der Waals surface area contributed by atoms with Crippen molar-refractivity contribution in [2.24, 2.45) is 5.92 Å². The van der Waals surface area contributed by atoms with Crippen molar-refractivity contribution in [1.29, 1.82) is 0 Å². The lowest BCUT2D eigenvalue weighted by atomic mass is 9.95. The van der Waals surface area contributed by atoms with Crippen LogP contribution in [0.1, 0.15) is 24.0 Å². The molecule has 1 aliphatic heterocycles. The Morgan fingerprint density at radius 1 is 0.867 bits per heavy atom. The third-order valence-corrected chi connectivity index (χ3v) is 5.01. The number of rotatable bonds is 5. The zero-order valence-electron chi connectivity index (χ0n) is 17.1. The molecule has 1 amide bonds. The van der Waals surface area contributed by atoms with E-state index in [0.717, 1.165) is 32.5 Å². The van der Waals surface area contributed by atoms with Gasteiger partial charge in [0.2, 0.25) is 5.91 Å². The number of carbonyl (C=O) groups excluding carboxylic acids is 1. The van der Waals surface area contributed by atoms with Crippen molar-refractivity contribution < 1.29 is 24.6 Å². The number of carboxylic acids is 2. The Hall–Kier alpha value is -3.19. The van der Waals surface area contributed by atoms with Crippen LogP contribution in [0.25, 0.3) is 0 Å². The Bertz CT molecular complexity index is 806. The summed E-state index contributed by atoms with van der Waals surface area (Å²) < 4.78 is 0. The van der Waals surface area contributed by atoms with Crippen molar-refractivity contribution in [3.8, 4) is 0 Å². The maximum Gasteiger partial charge on any atom is 0.414 e. The van der Waals surface area contributed by atoms with E-state index < -0.39 is 11.9 Å². The van der Waals surface area contributed by atoms with Gasteiger partial charge in [-0.3, -0.25) is 9.69 Å². The average Bonchev–Trinajstić information content (AvgIpc) is 2.75. The van der Waals surface area contributed by atoms with Gasteiger partial charge in [0.15, 0.2) is 0 Å². The first-order valence-corrected chi connectivity index (χ1v) is 9.88. The Balaban J connectivity index is 0.000000469. The number of benzene rings is 2. The highest BCUT2D eigenvalue weighted by Crippen LogP contribution is 2.21. The van der Waals surface area contributed by atoms with Gasteiger partial charge < -0.3 is 15.1 Å². The van der Waals surface area contributed by atoms with Gasteiger partial charge in [-0.15, -0.1) is 0 Å². The predicted molar refractivity (Wildman–Crippen MR) is 113 cm³/mol.